The van der Waals surface area contributed by atoms with E-state index in [0.717, 1.165) is 4.57 Å². The van der Waals surface area contributed by atoms with Crippen molar-refractivity contribution in [3.8, 4) is 0 Å². The van der Waals surface area contributed by atoms with E-state index in [-0.39, 0.29) is 43.8 Å². The number of likely N-dealkylation sites (N-methyl/N-ethyl adjacent to an activating group) is 2. The predicted octanol–water partition coefficient (Wildman–Crippen LogP) is 2.60. The molecule has 77 heavy (non-hydrogen) atoms. The molecule has 25 heteroatoms. The molecule has 21 atom stereocenters. The summed E-state index contributed by atoms with van der Waals surface area (Å²) in [4.78, 5) is 75.1. The van der Waals surface area contributed by atoms with Gasteiger partial charge in [-0.1, -0.05) is 25.9 Å². The zero-order valence-corrected chi connectivity index (χ0v) is 47.5. The van der Waals surface area contributed by atoms with E-state index < -0.39 is 163 Å². The zero-order valence-electron chi connectivity index (χ0n) is 47.5. The van der Waals surface area contributed by atoms with E-state index in [0.29, 0.717) is 13.0 Å². The van der Waals surface area contributed by atoms with Crippen LogP contribution in [0.25, 0.3) is 10.4 Å². The number of ether oxygens (including phenoxy) is 9. The Morgan fingerprint density at radius 2 is 1.61 bits per heavy atom. The molecule has 0 aromatic carbocycles. The quantitative estimate of drug-likeness (QED) is 0.0554. The normalized spacial score (nSPS) is 40.9. The Bertz CT molecular complexity index is 2330. The molecule has 0 saturated carbocycles. The lowest BCUT2D eigenvalue weighted by Crippen LogP contribution is -2.61. The summed E-state index contributed by atoms with van der Waals surface area (Å²) in [5, 5.41) is 51.5. The van der Waals surface area contributed by atoms with Crippen LogP contribution in [-0.2, 0) is 57.0 Å². The van der Waals surface area contributed by atoms with Gasteiger partial charge in [0.1, 0.15) is 42.9 Å². The summed E-state index contributed by atoms with van der Waals surface area (Å²) in [5.41, 5.74) is 3.41. The lowest BCUT2D eigenvalue weighted by Gasteiger charge is -2.49. The Kier molecular flexibility index (Phi) is 21.9. The van der Waals surface area contributed by atoms with Crippen LogP contribution in [0.5, 0.6) is 0 Å². The molecular weight excluding hydrogens is 1010 g/mol. The lowest BCUT2D eigenvalue weighted by molar-refractivity contribution is -0.319. The fourth-order valence-corrected chi connectivity index (χ4v) is 11.5. The highest BCUT2D eigenvalue weighted by Crippen LogP contribution is 2.41. The fraction of sp³-hybridized carbons (Fsp3) is 0.865. The largest absolute Gasteiger partial charge is 0.463 e. The van der Waals surface area contributed by atoms with Crippen LogP contribution < -0.4 is 11.2 Å². The van der Waals surface area contributed by atoms with Gasteiger partial charge in [0.2, 0.25) is 0 Å². The van der Waals surface area contributed by atoms with Crippen molar-refractivity contribution < 1.29 is 77.4 Å². The molecule has 4 aliphatic rings. The first kappa shape index (κ1) is 63.7. The Morgan fingerprint density at radius 3 is 2.23 bits per heavy atom. The van der Waals surface area contributed by atoms with Gasteiger partial charge in [0.15, 0.2) is 18.7 Å². The molecule has 0 spiro atoms. The maximum Gasteiger partial charge on any atom is 0.330 e. The number of methoxy groups -OCH3 is 1. The Hall–Kier alpha value is -4.08. The maximum atomic E-state index is 14.6. The van der Waals surface area contributed by atoms with E-state index in [1.165, 1.54) is 27.2 Å². The van der Waals surface area contributed by atoms with Crippen molar-refractivity contribution in [1.29, 1.82) is 0 Å². The van der Waals surface area contributed by atoms with Crippen molar-refractivity contribution in [2.45, 2.75) is 230 Å². The molecule has 2 unspecified atom stereocenters. The van der Waals surface area contributed by atoms with Crippen LogP contribution in [0.3, 0.4) is 0 Å². The number of aryl methyl sites for hydroxylation is 1. The molecule has 1 aromatic heterocycles. The first-order valence-electron chi connectivity index (χ1n) is 26.8. The van der Waals surface area contributed by atoms with Crippen molar-refractivity contribution in [3.05, 3.63) is 43.0 Å². The monoisotopic (exact) mass is 1100 g/mol. The van der Waals surface area contributed by atoms with Gasteiger partial charge in [-0.3, -0.25) is 28.7 Å². The average molecular weight is 1100 g/mol. The second-order valence-electron chi connectivity index (χ2n) is 22.9. The molecule has 4 fully saturated rings. The number of carbonyl (C=O) groups is 3. The summed E-state index contributed by atoms with van der Waals surface area (Å²) >= 11 is 0. The van der Waals surface area contributed by atoms with Crippen molar-refractivity contribution in [1.82, 2.24) is 19.4 Å². The first-order chi connectivity index (χ1) is 35.9. The van der Waals surface area contributed by atoms with Crippen LogP contribution in [0.15, 0.2) is 20.9 Å². The van der Waals surface area contributed by atoms with E-state index in [9.17, 15) is 49.9 Å². The third-order valence-electron chi connectivity index (χ3n) is 16.3. The topological polar surface area (TPSA) is 325 Å². The standard InChI is InChI=1S/C52H87N7O18/c1-16-36-52(11,68)43(62)31(7)58(14)23-26(2)21-50(9,67)45(29(5)41(30(6)47(65)74-36)76-40-22-51(10,69-15)44(63)32(8)72-40)77-48-42(34(57(12)13)19-28(4)71-48)75-39(61)18-17-38(60)70-25-35-33(55-56-53)20-37(73-35)59-24-27(3)46(64)54-49(59)66/h24,26,28-37,40-45,48,62-63,67-68H,16-23,25H2,1-15H3,(H,54,64,66)/t26-,28-,29+,30-,31-,32+,33?,34?,35-,36-,37-,40+,41+,42-,43-,44+,45-,48+,50-,51-,52-/m1/s1. The summed E-state index contributed by atoms with van der Waals surface area (Å²) in [6.07, 6.45) is -11.5. The second-order valence-corrected chi connectivity index (χ2v) is 22.9. The molecular formula is C52H87N7O18. The molecule has 4 saturated heterocycles. The highest BCUT2D eigenvalue weighted by Gasteiger charge is 2.53. The lowest BCUT2D eigenvalue weighted by atomic mass is 9.77. The number of nitrogens with one attached hydrogen (secondary N) is 1. The van der Waals surface area contributed by atoms with Crippen molar-refractivity contribution in [3.63, 3.8) is 0 Å². The molecule has 0 bridgehead atoms. The smallest absolute Gasteiger partial charge is 0.330 e. The van der Waals surface area contributed by atoms with Crippen LogP contribution >= 0.6 is 0 Å². The van der Waals surface area contributed by atoms with Crippen LogP contribution in [0.1, 0.15) is 126 Å². The fourth-order valence-electron chi connectivity index (χ4n) is 11.5. The number of aromatic nitrogens is 2. The third kappa shape index (κ3) is 15.2. The Labute approximate surface area is 450 Å². The molecule has 0 aliphatic carbocycles. The van der Waals surface area contributed by atoms with Gasteiger partial charge in [0.25, 0.3) is 5.56 Å². The van der Waals surface area contributed by atoms with E-state index in [1.807, 2.05) is 23.6 Å². The average Bonchev–Trinajstić information content (AvgIpc) is 3.76. The number of aromatic amines is 1. The minimum atomic E-state index is -1.90. The van der Waals surface area contributed by atoms with Crippen LogP contribution in [0.2, 0.25) is 0 Å². The number of cyclic esters (lactones) is 1. The first-order valence-corrected chi connectivity index (χ1v) is 26.8. The zero-order chi connectivity index (χ0) is 57.6. The van der Waals surface area contributed by atoms with E-state index in [4.69, 9.17) is 42.6 Å². The summed E-state index contributed by atoms with van der Waals surface area (Å²) in [7, 11) is 6.87. The molecule has 25 nitrogen and oxygen atoms in total. The number of nitrogens with zero attached hydrogens (tertiary/aromatic N) is 6. The number of carbonyl (C=O) groups excluding carboxylic acids is 3. The third-order valence-corrected chi connectivity index (χ3v) is 16.3. The van der Waals surface area contributed by atoms with Crippen LogP contribution in [0.4, 0.5) is 0 Å². The number of hydrogen-bond acceptors (Lipinski definition) is 21. The Morgan fingerprint density at radius 1 is 0.948 bits per heavy atom. The highest BCUT2D eigenvalue weighted by atomic mass is 16.7. The number of aliphatic hydroxyl groups excluding tert-OH is 2. The van der Waals surface area contributed by atoms with E-state index >= 15 is 0 Å². The molecule has 5 rings (SSSR count). The Balaban J connectivity index is 1.45. The van der Waals surface area contributed by atoms with E-state index in [2.05, 4.69) is 15.0 Å². The molecule has 4 aliphatic heterocycles. The van der Waals surface area contributed by atoms with Crippen molar-refractivity contribution in [2.75, 3.05) is 41.4 Å². The number of H-pyrrole nitrogens is 1. The van der Waals surface area contributed by atoms with Gasteiger partial charge in [-0.2, -0.15) is 0 Å². The number of rotatable bonds is 15. The molecule has 0 radical (unpaired) electrons. The number of azide groups is 1. The minimum Gasteiger partial charge on any atom is -0.463 e. The molecule has 0 amide bonds. The summed E-state index contributed by atoms with van der Waals surface area (Å²) in [6, 6.07) is -1.99. The van der Waals surface area contributed by atoms with Crippen molar-refractivity contribution >= 4 is 17.9 Å². The van der Waals surface area contributed by atoms with Crippen LogP contribution in [0, 0.1) is 24.7 Å². The van der Waals surface area contributed by atoms with Gasteiger partial charge in [-0.25, -0.2) is 4.79 Å². The predicted molar refractivity (Wildman–Crippen MR) is 276 cm³/mol. The SMILES string of the molecule is CC[C@H]1OC(=O)[C@H](C)[C@@H](O[C@H]2C[C@@](C)(OC)[C@@H](O)[C@H](C)O2)[C@H](C)[C@@H](O[C@@H]2O[C@H](C)CC(N(C)C)[C@H]2OC(=O)CCC(=O)OC[C@H]2O[C@@H](n3cc(C)c(=O)[nH]c3=O)CC2N=[N+]=[N-])[C@](C)(O)C[C@@H](C)CN(C)[C@H](C)[C@@H](O)[C@]1(C)O. The maximum absolute atomic E-state index is 14.6. The second kappa shape index (κ2) is 26.5. The number of aliphatic hydroxyl groups is 4. The van der Waals surface area contributed by atoms with Gasteiger partial charge in [0, 0.05) is 55.1 Å². The minimum absolute atomic E-state index is 0.0342. The van der Waals surface area contributed by atoms with Gasteiger partial charge >= 0.3 is 23.6 Å². The van der Waals surface area contributed by atoms with E-state index in [1.54, 1.807) is 69.6 Å². The molecule has 438 valence electrons. The molecule has 5 heterocycles. The summed E-state index contributed by atoms with van der Waals surface area (Å²) < 4.78 is 57.2. The summed E-state index contributed by atoms with van der Waals surface area (Å²) in [6.45, 7) is 18.5. The van der Waals surface area contributed by atoms with Gasteiger partial charge < -0.3 is 72.9 Å². The van der Waals surface area contributed by atoms with Gasteiger partial charge in [-0.15, -0.1) is 0 Å². The van der Waals surface area contributed by atoms with Crippen LogP contribution in [-0.4, -0.2) is 202 Å². The summed E-state index contributed by atoms with van der Waals surface area (Å²) in [5.74, 6) is -4.76. The highest BCUT2D eigenvalue weighted by molar-refractivity contribution is 5.77. The van der Waals surface area contributed by atoms with Gasteiger partial charge in [-0.05, 0) is 107 Å². The molecule has 5 N–H and O–H groups in total. The van der Waals surface area contributed by atoms with Crippen molar-refractivity contribution in [2.24, 2.45) is 22.9 Å². The number of esters is 3. The number of hydrogen-bond donors (Lipinski definition) is 5. The van der Waals surface area contributed by atoms with Gasteiger partial charge in [0.05, 0.1) is 66.5 Å². The molecule has 1 aromatic rings.